The second-order valence-corrected chi connectivity index (χ2v) is 6.39. The highest BCUT2D eigenvalue weighted by Gasteiger charge is 2.19. The van der Waals surface area contributed by atoms with E-state index in [1.165, 1.54) is 0 Å². The maximum atomic E-state index is 11.9. The van der Waals surface area contributed by atoms with Gasteiger partial charge in [-0.2, -0.15) is 0 Å². The maximum Gasteiger partial charge on any atom is 0.251 e. The Balaban J connectivity index is 0.00000338. The number of amides is 1. The number of aliphatic imine (C=N–C) groups is 1. The number of nitrogens with zero attached hydrogens (tertiary/aromatic N) is 1. The summed E-state index contributed by atoms with van der Waals surface area (Å²) >= 11 is 0. The lowest BCUT2D eigenvalue weighted by Gasteiger charge is -2.27. The third-order valence-corrected chi connectivity index (χ3v) is 4.31. The predicted octanol–water partition coefficient (Wildman–Crippen LogP) is 2.28. The lowest BCUT2D eigenvalue weighted by atomic mass is 9.93. The minimum Gasteiger partial charge on any atom is -0.393 e. The van der Waals surface area contributed by atoms with Gasteiger partial charge in [0.05, 0.1) is 6.10 Å². The molecule has 1 amide bonds. The first-order valence-electron chi connectivity index (χ1n) is 9.25. The van der Waals surface area contributed by atoms with Crippen LogP contribution < -0.4 is 16.0 Å². The van der Waals surface area contributed by atoms with Gasteiger partial charge in [-0.05, 0) is 51.2 Å². The van der Waals surface area contributed by atoms with Gasteiger partial charge in [0.15, 0.2) is 5.96 Å². The predicted molar refractivity (Wildman–Crippen MR) is 116 cm³/mol. The molecule has 146 valence electrons. The SMILES string of the molecule is CCNC(=NCCCNC(=O)c1ccccc1)NC1CCC(O)CC1.I. The van der Waals surface area contributed by atoms with Gasteiger partial charge >= 0.3 is 0 Å². The molecule has 1 aliphatic carbocycles. The average molecular weight is 474 g/mol. The number of aliphatic hydroxyl groups is 1. The van der Waals surface area contributed by atoms with Gasteiger partial charge in [0.25, 0.3) is 5.91 Å². The molecule has 26 heavy (non-hydrogen) atoms. The van der Waals surface area contributed by atoms with Crippen LogP contribution in [-0.2, 0) is 0 Å². The smallest absolute Gasteiger partial charge is 0.251 e. The standard InChI is InChI=1S/C19H30N4O2.HI/c1-2-20-19(23-16-9-11-17(24)12-10-16)22-14-6-13-21-18(25)15-7-4-3-5-8-15;/h3-5,7-8,16-17,24H,2,6,9-14H2,1H3,(H,21,25)(H2,20,22,23);1H. The fraction of sp³-hybridized carbons (Fsp3) is 0.579. The van der Waals surface area contributed by atoms with E-state index in [9.17, 15) is 9.90 Å². The molecule has 0 atom stereocenters. The minimum absolute atomic E-state index is 0. The number of hydrogen-bond donors (Lipinski definition) is 4. The molecular weight excluding hydrogens is 443 g/mol. The summed E-state index contributed by atoms with van der Waals surface area (Å²) in [5.74, 6) is 0.772. The van der Waals surface area contributed by atoms with E-state index in [-0.39, 0.29) is 36.0 Å². The molecule has 0 heterocycles. The van der Waals surface area contributed by atoms with E-state index >= 15 is 0 Å². The molecule has 7 heteroatoms. The van der Waals surface area contributed by atoms with Crippen LogP contribution in [0, 0.1) is 0 Å². The van der Waals surface area contributed by atoms with E-state index < -0.39 is 0 Å². The van der Waals surface area contributed by atoms with Gasteiger partial charge in [-0.3, -0.25) is 9.79 Å². The summed E-state index contributed by atoms with van der Waals surface area (Å²) in [5, 5.41) is 19.2. The molecule has 0 aromatic heterocycles. The Morgan fingerprint density at radius 3 is 2.50 bits per heavy atom. The molecule has 0 unspecified atom stereocenters. The number of rotatable bonds is 7. The van der Waals surface area contributed by atoms with Gasteiger partial charge < -0.3 is 21.1 Å². The Labute approximate surface area is 173 Å². The average Bonchev–Trinajstić information content (AvgIpc) is 2.64. The zero-order valence-electron chi connectivity index (χ0n) is 15.4. The van der Waals surface area contributed by atoms with Gasteiger partial charge in [0, 0.05) is 31.2 Å². The highest BCUT2D eigenvalue weighted by atomic mass is 127. The fourth-order valence-corrected chi connectivity index (χ4v) is 2.90. The molecule has 1 aromatic rings. The first-order chi connectivity index (χ1) is 12.2. The topological polar surface area (TPSA) is 85.8 Å². The quantitative estimate of drug-likeness (QED) is 0.212. The molecule has 0 radical (unpaired) electrons. The van der Waals surface area contributed by atoms with Crippen LogP contribution in [0.3, 0.4) is 0 Å². The lowest BCUT2D eigenvalue weighted by molar-refractivity contribution is 0.0953. The number of carbonyl (C=O) groups excluding carboxylic acids is 1. The second-order valence-electron chi connectivity index (χ2n) is 6.39. The molecular formula is C19H31IN4O2. The number of nitrogens with one attached hydrogen (secondary N) is 3. The van der Waals surface area contributed by atoms with Crippen LogP contribution in [0.25, 0.3) is 0 Å². The van der Waals surface area contributed by atoms with Crippen LogP contribution in [0.1, 0.15) is 49.4 Å². The summed E-state index contributed by atoms with van der Waals surface area (Å²) in [6.45, 7) is 4.11. The Morgan fingerprint density at radius 1 is 1.15 bits per heavy atom. The van der Waals surface area contributed by atoms with Crippen LogP contribution >= 0.6 is 24.0 Å². The molecule has 1 saturated carbocycles. The molecule has 0 aliphatic heterocycles. The fourth-order valence-electron chi connectivity index (χ4n) is 2.90. The second kappa shape index (κ2) is 12.9. The number of hydrogen-bond acceptors (Lipinski definition) is 3. The highest BCUT2D eigenvalue weighted by Crippen LogP contribution is 2.18. The molecule has 1 fully saturated rings. The maximum absolute atomic E-state index is 11.9. The first-order valence-corrected chi connectivity index (χ1v) is 9.25. The third kappa shape index (κ3) is 8.35. The number of guanidine groups is 1. The van der Waals surface area contributed by atoms with Crippen molar-refractivity contribution in [1.29, 1.82) is 0 Å². The molecule has 0 bridgehead atoms. The Morgan fingerprint density at radius 2 is 1.85 bits per heavy atom. The van der Waals surface area contributed by atoms with Crippen molar-refractivity contribution >= 4 is 35.8 Å². The zero-order valence-corrected chi connectivity index (χ0v) is 17.7. The van der Waals surface area contributed by atoms with Gasteiger partial charge in [-0.25, -0.2) is 0 Å². The summed E-state index contributed by atoms with van der Waals surface area (Å²) in [7, 11) is 0. The van der Waals surface area contributed by atoms with Gasteiger partial charge in [0.2, 0.25) is 0 Å². The summed E-state index contributed by atoms with van der Waals surface area (Å²) in [6.07, 6.45) is 4.28. The first kappa shape index (κ1) is 22.7. The summed E-state index contributed by atoms with van der Waals surface area (Å²) in [4.78, 5) is 16.5. The Kier molecular flexibility index (Phi) is 11.3. The largest absolute Gasteiger partial charge is 0.393 e. The Bertz CT molecular complexity index is 546. The van der Waals surface area contributed by atoms with E-state index in [1.807, 2.05) is 37.3 Å². The van der Waals surface area contributed by atoms with Crippen molar-refractivity contribution in [2.24, 2.45) is 4.99 Å². The molecule has 1 aliphatic rings. The van der Waals surface area contributed by atoms with E-state index in [2.05, 4.69) is 20.9 Å². The van der Waals surface area contributed by atoms with Crippen LogP contribution in [0.15, 0.2) is 35.3 Å². The van der Waals surface area contributed by atoms with Crippen LogP contribution in [0.5, 0.6) is 0 Å². The molecule has 6 nitrogen and oxygen atoms in total. The van der Waals surface area contributed by atoms with Crippen molar-refractivity contribution in [3.8, 4) is 0 Å². The summed E-state index contributed by atoms with van der Waals surface area (Å²) in [6, 6.07) is 9.60. The van der Waals surface area contributed by atoms with E-state index in [4.69, 9.17) is 0 Å². The van der Waals surface area contributed by atoms with Gasteiger partial charge in [0.1, 0.15) is 0 Å². The molecule has 2 rings (SSSR count). The van der Waals surface area contributed by atoms with E-state index in [1.54, 1.807) is 0 Å². The van der Waals surface area contributed by atoms with E-state index in [0.717, 1.165) is 44.6 Å². The number of carbonyl (C=O) groups is 1. The van der Waals surface area contributed by atoms with Crippen molar-refractivity contribution < 1.29 is 9.90 Å². The van der Waals surface area contributed by atoms with Crippen LogP contribution in [0.2, 0.25) is 0 Å². The lowest BCUT2D eigenvalue weighted by Crippen LogP contribution is -2.45. The third-order valence-electron chi connectivity index (χ3n) is 4.31. The number of aliphatic hydroxyl groups excluding tert-OH is 1. The zero-order chi connectivity index (χ0) is 17.9. The number of halogens is 1. The summed E-state index contributed by atoms with van der Waals surface area (Å²) in [5.41, 5.74) is 0.681. The van der Waals surface area contributed by atoms with Crippen molar-refractivity contribution in [2.75, 3.05) is 19.6 Å². The highest BCUT2D eigenvalue weighted by molar-refractivity contribution is 14.0. The molecule has 4 N–H and O–H groups in total. The molecule has 1 aromatic carbocycles. The van der Waals surface area contributed by atoms with Crippen molar-refractivity contribution in [3.63, 3.8) is 0 Å². The van der Waals surface area contributed by atoms with Gasteiger partial charge in [-0.1, -0.05) is 18.2 Å². The van der Waals surface area contributed by atoms with Gasteiger partial charge in [-0.15, -0.1) is 24.0 Å². The van der Waals surface area contributed by atoms with E-state index in [0.29, 0.717) is 24.7 Å². The Hall–Kier alpha value is -1.35. The van der Waals surface area contributed by atoms with Crippen molar-refractivity contribution in [2.45, 2.75) is 51.2 Å². The monoisotopic (exact) mass is 474 g/mol. The van der Waals surface area contributed by atoms with Crippen LogP contribution in [0.4, 0.5) is 0 Å². The number of benzene rings is 1. The molecule has 0 spiro atoms. The molecule has 0 saturated heterocycles. The normalized spacial score (nSPS) is 20.0. The van der Waals surface area contributed by atoms with Crippen LogP contribution in [-0.4, -0.2) is 48.8 Å². The minimum atomic E-state index is -0.147. The van der Waals surface area contributed by atoms with Crippen molar-refractivity contribution in [1.82, 2.24) is 16.0 Å². The summed E-state index contributed by atoms with van der Waals surface area (Å²) < 4.78 is 0. The van der Waals surface area contributed by atoms with Crippen molar-refractivity contribution in [3.05, 3.63) is 35.9 Å².